The minimum Gasteiger partial charge on any atom is -0.469 e. The number of carbonyl (C=O) groups excluding carboxylic acids is 1. The highest BCUT2D eigenvalue weighted by molar-refractivity contribution is 5.76. The summed E-state index contributed by atoms with van der Waals surface area (Å²) in [6.45, 7) is 0. The second-order valence-corrected chi connectivity index (χ2v) is 5.69. The van der Waals surface area contributed by atoms with Crippen LogP contribution in [0.25, 0.3) is 0 Å². The predicted molar refractivity (Wildman–Crippen MR) is 68.0 cm³/mol. The van der Waals surface area contributed by atoms with Gasteiger partial charge in [0.15, 0.2) is 0 Å². The van der Waals surface area contributed by atoms with Crippen LogP contribution in [0.5, 0.6) is 0 Å². The molecule has 3 saturated heterocycles. The van der Waals surface area contributed by atoms with E-state index >= 15 is 0 Å². The van der Waals surface area contributed by atoms with Gasteiger partial charge in [-0.3, -0.25) is 9.63 Å². The number of ether oxygens (including phenoxy) is 1. The SMILES string of the molecule is COC(=O)C1[C@@H]2CC3CCC1(c1ccccc1)N3O2. The molecule has 0 aliphatic carbocycles. The molecule has 1 aromatic carbocycles. The molecule has 0 amide bonds. The van der Waals surface area contributed by atoms with Crippen molar-refractivity contribution < 1.29 is 14.4 Å². The fourth-order valence-corrected chi connectivity index (χ4v) is 4.24. The number of hydrogen-bond acceptors (Lipinski definition) is 4. The Balaban J connectivity index is 1.86. The normalized spacial score (nSPS) is 39.7. The average Bonchev–Trinajstić information content (AvgIpc) is 3.06. The van der Waals surface area contributed by atoms with Crippen LogP contribution in [-0.4, -0.2) is 30.3 Å². The van der Waals surface area contributed by atoms with E-state index in [1.54, 1.807) is 0 Å². The highest BCUT2D eigenvalue weighted by Crippen LogP contribution is 2.60. The van der Waals surface area contributed by atoms with Crippen molar-refractivity contribution in [3.63, 3.8) is 0 Å². The molecular weight excluding hydrogens is 242 g/mol. The van der Waals surface area contributed by atoms with Crippen molar-refractivity contribution in [3.05, 3.63) is 35.9 Å². The number of esters is 1. The number of rotatable bonds is 2. The molecule has 4 nitrogen and oxygen atoms in total. The van der Waals surface area contributed by atoms with E-state index in [9.17, 15) is 4.79 Å². The van der Waals surface area contributed by atoms with E-state index in [1.807, 2.05) is 18.2 Å². The van der Waals surface area contributed by atoms with Gasteiger partial charge in [-0.1, -0.05) is 30.3 Å². The highest BCUT2D eigenvalue weighted by Gasteiger charge is 2.69. The molecule has 0 aromatic heterocycles. The Hall–Kier alpha value is -1.39. The van der Waals surface area contributed by atoms with Gasteiger partial charge in [-0.05, 0) is 24.8 Å². The topological polar surface area (TPSA) is 38.8 Å². The van der Waals surface area contributed by atoms with Gasteiger partial charge in [0.2, 0.25) is 0 Å². The predicted octanol–water partition coefficient (Wildman–Crippen LogP) is 1.85. The van der Waals surface area contributed by atoms with Crippen LogP contribution in [0.15, 0.2) is 30.3 Å². The smallest absolute Gasteiger partial charge is 0.313 e. The highest BCUT2D eigenvalue weighted by atomic mass is 16.7. The quantitative estimate of drug-likeness (QED) is 0.760. The fourth-order valence-electron chi connectivity index (χ4n) is 4.24. The summed E-state index contributed by atoms with van der Waals surface area (Å²) in [6.07, 6.45) is 3.01. The summed E-state index contributed by atoms with van der Waals surface area (Å²) in [5.74, 6) is -0.338. The fraction of sp³-hybridized carbons (Fsp3) is 0.533. The largest absolute Gasteiger partial charge is 0.469 e. The number of methoxy groups -OCH3 is 1. The summed E-state index contributed by atoms with van der Waals surface area (Å²) in [4.78, 5) is 18.2. The molecule has 1 aromatic rings. The zero-order valence-corrected chi connectivity index (χ0v) is 10.9. The van der Waals surface area contributed by atoms with Crippen molar-refractivity contribution in [2.24, 2.45) is 5.92 Å². The van der Waals surface area contributed by atoms with Crippen LogP contribution in [0.1, 0.15) is 24.8 Å². The minimum absolute atomic E-state index is 0.0137. The number of hydrogen-bond donors (Lipinski definition) is 0. The van der Waals surface area contributed by atoms with Crippen molar-refractivity contribution in [1.82, 2.24) is 5.06 Å². The van der Waals surface area contributed by atoms with Crippen LogP contribution in [0.4, 0.5) is 0 Å². The summed E-state index contributed by atoms with van der Waals surface area (Å²) >= 11 is 0. The second kappa shape index (κ2) is 3.81. The Morgan fingerprint density at radius 1 is 1.42 bits per heavy atom. The molecular formula is C15H17NO3. The molecule has 2 bridgehead atoms. The van der Waals surface area contributed by atoms with E-state index < -0.39 is 0 Å². The first-order valence-corrected chi connectivity index (χ1v) is 6.87. The Morgan fingerprint density at radius 3 is 2.95 bits per heavy atom. The third-order valence-corrected chi connectivity index (χ3v) is 4.95. The summed E-state index contributed by atoms with van der Waals surface area (Å²) in [7, 11) is 1.47. The Labute approximate surface area is 112 Å². The van der Waals surface area contributed by atoms with E-state index in [4.69, 9.17) is 9.57 Å². The maximum Gasteiger partial charge on any atom is 0.313 e. The second-order valence-electron chi connectivity index (χ2n) is 5.69. The molecule has 19 heavy (non-hydrogen) atoms. The van der Waals surface area contributed by atoms with Crippen LogP contribution in [-0.2, 0) is 19.9 Å². The van der Waals surface area contributed by atoms with Crippen molar-refractivity contribution in [1.29, 1.82) is 0 Å². The van der Waals surface area contributed by atoms with Crippen LogP contribution < -0.4 is 0 Å². The maximum absolute atomic E-state index is 12.2. The van der Waals surface area contributed by atoms with Crippen LogP contribution in [0, 0.1) is 5.92 Å². The number of benzene rings is 1. The van der Waals surface area contributed by atoms with Gasteiger partial charge < -0.3 is 4.74 Å². The van der Waals surface area contributed by atoms with Crippen LogP contribution >= 0.6 is 0 Å². The lowest BCUT2D eigenvalue weighted by Gasteiger charge is -2.38. The van der Waals surface area contributed by atoms with Gasteiger partial charge in [0.25, 0.3) is 0 Å². The van der Waals surface area contributed by atoms with Gasteiger partial charge in [0.1, 0.15) is 5.92 Å². The van der Waals surface area contributed by atoms with E-state index in [2.05, 4.69) is 17.2 Å². The number of piperidine rings is 1. The van der Waals surface area contributed by atoms with Crippen molar-refractivity contribution in [2.75, 3.05) is 7.11 Å². The number of nitrogens with zero attached hydrogens (tertiary/aromatic N) is 1. The maximum atomic E-state index is 12.2. The first kappa shape index (κ1) is 11.4. The van der Waals surface area contributed by atoms with Crippen LogP contribution in [0.2, 0.25) is 0 Å². The monoisotopic (exact) mass is 259 g/mol. The zero-order chi connectivity index (χ0) is 13.0. The van der Waals surface area contributed by atoms with Gasteiger partial charge in [-0.2, -0.15) is 5.06 Å². The van der Waals surface area contributed by atoms with Gasteiger partial charge in [0.05, 0.1) is 18.8 Å². The molecule has 4 heteroatoms. The molecule has 4 rings (SSSR count). The summed E-state index contributed by atoms with van der Waals surface area (Å²) in [6, 6.07) is 10.7. The van der Waals surface area contributed by atoms with Gasteiger partial charge >= 0.3 is 5.97 Å². The molecule has 3 aliphatic rings. The zero-order valence-electron chi connectivity index (χ0n) is 10.9. The molecule has 3 aliphatic heterocycles. The molecule has 0 radical (unpaired) electrons. The lowest BCUT2D eigenvalue weighted by molar-refractivity contribution is -0.154. The van der Waals surface area contributed by atoms with Crippen molar-refractivity contribution >= 4 is 5.97 Å². The molecule has 3 unspecified atom stereocenters. The van der Waals surface area contributed by atoms with Crippen molar-refractivity contribution in [2.45, 2.75) is 36.9 Å². The van der Waals surface area contributed by atoms with Gasteiger partial charge in [-0.15, -0.1) is 0 Å². The number of fused-ring (bicyclic) bond motifs is 1. The Morgan fingerprint density at radius 2 is 2.21 bits per heavy atom. The standard InChI is InChI=1S/C15H17NO3/c1-18-14(17)13-12-9-11-7-8-15(13,16(11)19-12)10-5-3-2-4-6-10/h2-6,11-13H,7-9H2,1H3/t11?,12-,13?,15?/m0/s1. The summed E-state index contributed by atoms with van der Waals surface area (Å²) < 4.78 is 5.04. The number of hydroxylamine groups is 2. The molecule has 0 N–H and O–H groups in total. The molecule has 0 saturated carbocycles. The van der Waals surface area contributed by atoms with E-state index in [-0.39, 0.29) is 23.5 Å². The molecule has 3 fully saturated rings. The Bertz CT molecular complexity index is 517. The Kier molecular flexibility index (Phi) is 2.29. The third-order valence-electron chi connectivity index (χ3n) is 4.95. The average molecular weight is 259 g/mol. The molecule has 0 spiro atoms. The van der Waals surface area contributed by atoms with E-state index in [0.717, 1.165) is 19.3 Å². The summed E-state index contributed by atoms with van der Waals surface area (Å²) in [5.41, 5.74) is 0.872. The first-order chi connectivity index (χ1) is 9.27. The van der Waals surface area contributed by atoms with Gasteiger partial charge in [0, 0.05) is 6.04 Å². The van der Waals surface area contributed by atoms with Gasteiger partial charge in [-0.25, -0.2) is 0 Å². The summed E-state index contributed by atoms with van der Waals surface area (Å²) in [5, 5.41) is 2.09. The van der Waals surface area contributed by atoms with Crippen LogP contribution in [0.3, 0.4) is 0 Å². The van der Waals surface area contributed by atoms with Crippen molar-refractivity contribution in [3.8, 4) is 0 Å². The first-order valence-electron chi connectivity index (χ1n) is 6.87. The lowest BCUT2D eigenvalue weighted by Crippen LogP contribution is -2.49. The van der Waals surface area contributed by atoms with E-state index in [1.165, 1.54) is 12.7 Å². The third kappa shape index (κ3) is 1.28. The van der Waals surface area contributed by atoms with E-state index in [0.29, 0.717) is 6.04 Å². The molecule has 3 heterocycles. The lowest BCUT2D eigenvalue weighted by atomic mass is 9.74. The number of carbonyl (C=O) groups is 1. The minimum atomic E-state index is -0.304. The molecule has 4 atom stereocenters. The molecule has 100 valence electrons.